The van der Waals surface area contributed by atoms with Crippen LogP contribution in [0.1, 0.15) is 36.0 Å². The van der Waals surface area contributed by atoms with Gasteiger partial charge in [0.15, 0.2) is 0 Å². The fraction of sp³-hybridized carbons (Fsp3) is 0.533. The van der Waals surface area contributed by atoms with Crippen molar-refractivity contribution in [2.45, 2.75) is 37.8 Å². The highest BCUT2D eigenvalue weighted by molar-refractivity contribution is 5.94. The molecule has 3 rings (SSSR count). The van der Waals surface area contributed by atoms with Crippen LogP contribution in [0, 0.1) is 5.82 Å². The van der Waals surface area contributed by atoms with Gasteiger partial charge in [-0.05, 0) is 44.4 Å². The summed E-state index contributed by atoms with van der Waals surface area (Å²) in [5, 5.41) is 3.40. The van der Waals surface area contributed by atoms with Crippen molar-refractivity contribution < 1.29 is 9.18 Å². The Morgan fingerprint density at radius 3 is 2.74 bits per heavy atom. The standard InChI is InChI=1S/C15H19FN2O/c16-14-6-2-1-5-13(14)15(19)18(12-7-8-12)10-11-4-3-9-17-11/h1-2,5-6,11-12,17H,3-4,7-10H2. The van der Waals surface area contributed by atoms with Gasteiger partial charge in [0.05, 0.1) is 5.56 Å². The van der Waals surface area contributed by atoms with E-state index in [-0.39, 0.29) is 11.5 Å². The van der Waals surface area contributed by atoms with Crippen LogP contribution in [0.5, 0.6) is 0 Å². The molecule has 0 radical (unpaired) electrons. The lowest BCUT2D eigenvalue weighted by Gasteiger charge is -2.26. The van der Waals surface area contributed by atoms with E-state index in [1.54, 1.807) is 18.2 Å². The quantitative estimate of drug-likeness (QED) is 0.902. The van der Waals surface area contributed by atoms with Gasteiger partial charge in [0, 0.05) is 18.6 Å². The number of nitrogens with one attached hydrogen (secondary N) is 1. The van der Waals surface area contributed by atoms with E-state index in [9.17, 15) is 9.18 Å². The SMILES string of the molecule is O=C(c1ccccc1F)N(CC1CCCN1)C1CC1. The third-order valence-electron chi connectivity index (χ3n) is 3.93. The smallest absolute Gasteiger partial charge is 0.257 e. The van der Waals surface area contributed by atoms with Crippen LogP contribution in [0.2, 0.25) is 0 Å². The summed E-state index contributed by atoms with van der Waals surface area (Å²) >= 11 is 0. The summed E-state index contributed by atoms with van der Waals surface area (Å²) in [6.45, 7) is 1.73. The molecule has 3 nitrogen and oxygen atoms in total. The molecule has 1 aliphatic heterocycles. The van der Waals surface area contributed by atoms with Gasteiger partial charge in [-0.1, -0.05) is 12.1 Å². The van der Waals surface area contributed by atoms with E-state index >= 15 is 0 Å². The Kier molecular flexibility index (Phi) is 3.51. The highest BCUT2D eigenvalue weighted by Crippen LogP contribution is 2.29. The van der Waals surface area contributed by atoms with Crippen molar-refractivity contribution in [2.24, 2.45) is 0 Å². The number of halogens is 1. The number of carbonyl (C=O) groups is 1. The molecule has 2 aliphatic rings. The van der Waals surface area contributed by atoms with E-state index in [4.69, 9.17) is 0 Å². The van der Waals surface area contributed by atoms with Crippen molar-refractivity contribution in [3.63, 3.8) is 0 Å². The Labute approximate surface area is 112 Å². The van der Waals surface area contributed by atoms with E-state index in [2.05, 4.69) is 5.32 Å². The van der Waals surface area contributed by atoms with Crippen LogP contribution in [0.3, 0.4) is 0 Å². The summed E-state index contributed by atoms with van der Waals surface area (Å²) < 4.78 is 13.7. The first-order valence-corrected chi connectivity index (χ1v) is 7.04. The minimum absolute atomic E-state index is 0.158. The Morgan fingerprint density at radius 1 is 1.32 bits per heavy atom. The van der Waals surface area contributed by atoms with Crippen molar-refractivity contribution in [1.29, 1.82) is 0 Å². The number of benzene rings is 1. The average Bonchev–Trinajstić information content (AvgIpc) is 3.13. The Bertz CT molecular complexity index is 467. The predicted octanol–water partition coefficient (Wildman–Crippen LogP) is 2.18. The average molecular weight is 262 g/mol. The van der Waals surface area contributed by atoms with Crippen LogP contribution >= 0.6 is 0 Å². The molecule has 0 aromatic heterocycles. The molecule has 1 saturated heterocycles. The summed E-state index contributed by atoms with van der Waals surface area (Å²) in [5.41, 5.74) is 0.201. The zero-order chi connectivity index (χ0) is 13.2. The second-order valence-corrected chi connectivity index (χ2v) is 5.46. The summed E-state index contributed by atoms with van der Waals surface area (Å²) in [4.78, 5) is 14.4. The van der Waals surface area contributed by atoms with Crippen molar-refractivity contribution in [2.75, 3.05) is 13.1 Å². The fourth-order valence-electron chi connectivity index (χ4n) is 2.72. The molecule has 1 atom stereocenters. The largest absolute Gasteiger partial charge is 0.334 e. The molecule has 0 spiro atoms. The van der Waals surface area contributed by atoms with Gasteiger partial charge in [-0.25, -0.2) is 4.39 Å². The van der Waals surface area contributed by atoms with Gasteiger partial charge in [0.1, 0.15) is 5.82 Å². The van der Waals surface area contributed by atoms with Gasteiger partial charge in [0.25, 0.3) is 5.91 Å². The molecule has 4 heteroatoms. The van der Waals surface area contributed by atoms with Crippen molar-refractivity contribution >= 4 is 5.91 Å². The van der Waals surface area contributed by atoms with Gasteiger partial charge in [-0.2, -0.15) is 0 Å². The molecule has 1 aromatic rings. The molecule has 1 saturated carbocycles. The maximum absolute atomic E-state index is 13.7. The van der Waals surface area contributed by atoms with Gasteiger partial charge < -0.3 is 10.2 Å². The van der Waals surface area contributed by atoms with Gasteiger partial charge in [-0.15, -0.1) is 0 Å². The molecule has 1 heterocycles. The van der Waals surface area contributed by atoms with E-state index in [1.165, 1.54) is 6.07 Å². The molecule has 1 amide bonds. The number of amides is 1. The summed E-state index contributed by atoms with van der Waals surface area (Å²) in [5.74, 6) is -0.577. The summed E-state index contributed by atoms with van der Waals surface area (Å²) in [6, 6.07) is 6.95. The third kappa shape index (κ3) is 2.78. The van der Waals surface area contributed by atoms with Gasteiger partial charge in [0.2, 0.25) is 0 Å². The van der Waals surface area contributed by atoms with E-state index in [0.717, 1.165) is 32.2 Å². The van der Waals surface area contributed by atoms with E-state index in [0.29, 0.717) is 18.6 Å². The van der Waals surface area contributed by atoms with Crippen molar-refractivity contribution in [1.82, 2.24) is 10.2 Å². The normalized spacial score (nSPS) is 22.5. The highest BCUT2D eigenvalue weighted by Gasteiger charge is 2.35. The first-order chi connectivity index (χ1) is 9.25. The zero-order valence-corrected chi connectivity index (χ0v) is 10.9. The Morgan fingerprint density at radius 2 is 2.11 bits per heavy atom. The molecule has 19 heavy (non-hydrogen) atoms. The lowest BCUT2D eigenvalue weighted by molar-refractivity contribution is 0.0724. The first kappa shape index (κ1) is 12.6. The lowest BCUT2D eigenvalue weighted by Crippen LogP contribution is -2.42. The second kappa shape index (κ2) is 5.29. The number of nitrogens with zero attached hydrogens (tertiary/aromatic N) is 1. The molecule has 1 aliphatic carbocycles. The second-order valence-electron chi connectivity index (χ2n) is 5.46. The Hall–Kier alpha value is -1.42. The molecule has 2 fully saturated rings. The number of rotatable bonds is 4. The highest BCUT2D eigenvalue weighted by atomic mass is 19.1. The maximum Gasteiger partial charge on any atom is 0.257 e. The summed E-state index contributed by atoms with van der Waals surface area (Å²) in [7, 11) is 0. The van der Waals surface area contributed by atoms with Crippen LogP contribution in [-0.4, -0.2) is 36.0 Å². The fourth-order valence-corrected chi connectivity index (χ4v) is 2.72. The predicted molar refractivity (Wildman–Crippen MR) is 71.5 cm³/mol. The monoisotopic (exact) mass is 262 g/mol. The van der Waals surface area contributed by atoms with Crippen molar-refractivity contribution in [3.05, 3.63) is 35.6 Å². The number of hydrogen-bond donors (Lipinski definition) is 1. The van der Waals surface area contributed by atoms with Crippen LogP contribution in [-0.2, 0) is 0 Å². The van der Waals surface area contributed by atoms with Crippen LogP contribution < -0.4 is 5.32 Å². The minimum Gasteiger partial charge on any atom is -0.334 e. The van der Waals surface area contributed by atoms with Crippen LogP contribution in [0.4, 0.5) is 4.39 Å². The zero-order valence-electron chi connectivity index (χ0n) is 10.9. The van der Waals surface area contributed by atoms with E-state index in [1.807, 2.05) is 4.90 Å². The van der Waals surface area contributed by atoms with Crippen molar-refractivity contribution in [3.8, 4) is 0 Å². The number of carbonyl (C=O) groups excluding carboxylic acids is 1. The van der Waals surface area contributed by atoms with Gasteiger partial charge >= 0.3 is 0 Å². The van der Waals surface area contributed by atoms with Gasteiger partial charge in [-0.3, -0.25) is 4.79 Å². The third-order valence-corrected chi connectivity index (χ3v) is 3.93. The maximum atomic E-state index is 13.7. The molecule has 1 N–H and O–H groups in total. The number of hydrogen-bond acceptors (Lipinski definition) is 2. The molecular weight excluding hydrogens is 243 g/mol. The Balaban J connectivity index is 1.76. The molecular formula is C15H19FN2O. The topological polar surface area (TPSA) is 32.3 Å². The molecule has 1 aromatic carbocycles. The van der Waals surface area contributed by atoms with Crippen LogP contribution in [0.25, 0.3) is 0 Å². The summed E-state index contributed by atoms with van der Waals surface area (Å²) in [6.07, 6.45) is 4.37. The van der Waals surface area contributed by atoms with E-state index < -0.39 is 5.82 Å². The molecule has 102 valence electrons. The lowest BCUT2D eigenvalue weighted by atomic mass is 10.1. The first-order valence-electron chi connectivity index (χ1n) is 7.04. The molecule has 1 unspecified atom stereocenters. The minimum atomic E-state index is -0.419. The molecule has 0 bridgehead atoms. The van der Waals surface area contributed by atoms with Crippen LogP contribution in [0.15, 0.2) is 24.3 Å².